The topological polar surface area (TPSA) is 59.7 Å². The van der Waals surface area contributed by atoms with Crippen LogP contribution < -0.4 is 4.90 Å². The highest BCUT2D eigenvalue weighted by Crippen LogP contribution is 2.21. The molecule has 2 aromatic rings. The molecule has 2 aromatic heterocycles. The third-order valence-electron chi connectivity index (χ3n) is 2.68. The van der Waals surface area contributed by atoms with Gasteiger partial charge in [-0.1, -0.05) is 6.92 Å². The maximum absolute atomic E-state index is 4.49. The number of nitrogens with zero attached hydrogens (tertiary/aromatic N) is 6. The maximum atomic E-state index is 4.49. The molecule has 7 heteroatoms. The molecule has 3 heterocycles. The van der Waals surface area contributed by atoms with Gasteiger partial charge >= 0.3 is 0 Å². The zero-order valence-corrected chi connectivity index (χ0v) is 9.81. The molecule has 0 aromatic carbocycles. The first-order chi connectivity index (χ1) is 7.86. The second-order valence-corrected chi connectivity index (χ2v) is 4.44. The molecule has 0 saturated heterocycles. The van der Waals surface area contributed by atoms with Crippen LogP contribution in [0.3, 0.4) is 0 Å². The number of fused-ring (bicyclic) bond motifs is 1. The molecular formula is C9H12N6S. The number of rotatable bonds is 2. The van der Waals surface area contributed by atoms with Crippen molar-refractivity contribution < 1.29 is 0 Å². The minimum atomic E-state index is 0.776. The van der Waals surface area contributed by atoms with Crippen molar-refractivity contribution >= 4 is 16.7 Å². The van der Waals surface area contributed by atoms with E-state index in [1.54, 1.807) is 6.33 Å². The third kappa shape index (κ3) is 1.57. The molecule has 0 unspecified atom stereocenters. The van der Waals surface area contributed by atoms with E-state index in [2.05, 4.69) is 35.9 Å². The molecule has 6 nitrogen and oxygen atoms in total. The van der Waals surface area contributed by atoms with Crippen LogP contribution in [0.5, 0.6) is 0 Å². The van der Waals surface area contributed by atoms with Crippen molar-refractivity contribution in [3.05, 3.63) is 18.0 Å². The predicted molar refractivity (Wildman–Crippen MR) is 60.4 cm³/mol. The first-order valence-electron chi connectivity index (χ1n) is 5.31. The highest BCUT2D eigenvalue weighted by molar-refractivity contribution is 7.09. The van der Waals surface area contributed by atoms with Crippen molar-refractivity contribution in [2.24, 2.45) is 0 Å². The minimum Gasteiger partial charge on any atom is -0.338 e. The molecule has 0 aliphatic carbocycles. The van der Waals surface area contributed by atoms with Gasteiger partial charge in [-0.15, -0.1) is 10.2 Å². The van der Waals surface area contributed by atoms with E-state index in [9.17, 15) is 0 Å². The summed E-state index contributed by atoms with van der Waals surface area (Å²) in [4.78, 5) is 6.69. The van der Waals surface area contributed by atoms with Gasteiger partial charge in [0.2, 0.25) is 5.13 Å². The van der Waals surface area contributed by atoms with Crippen molar-refractivity contribution in [1.29, 1.82) is 0 Å². The average molecular weight is 236 g/mol. The summed E-state index contributed by atoms with van der Waals surface area (Å²) < 4.78 is 6.38. The zero-order valence-electron chi connectivity index (χ0n) is 9.00. The summed E-state index contributed by atoms with van der Waals surface area (Å²) >= 11 is 1.47. The normalized spacial score (nSPS) is 15.2. The van der Waals surface area contributed by atoms with Crippen molar-refractivity contribution in [3.8, 4) is 0 Å². The van der Waals surface area contributed by atoms with Gasteiger partial charge in [0, 0.05) is 31.0 Å². The standard InChI is InChI=1S/C9H12N6S/c1-2-7-11-9(16-13-7)14-3-4-15-6-10-12-8(15)5-14/h6H,2-5H2,1H3. The first kappa shape index (κ1) is 9.71. The van der Waals surface area contributed by atoms with E-state index >= 15 is 0 Å². The quantitative estimate of drug-likeness (QED) is 0.768. The van der Waals surface area contributed by atoms with Crippen LogP contribution in [-0.4, -0.2) is 30.7 Å². The average Bonchev–Trinajstić information content (AvgIpc) is 2.96. The lowest BCUT2D eigenvalue weighted by molar-refractivity contribution is 0.559. The summed E-state index contributed by atoms with van der Waals surface area (Å²) in [5, 5.41) is 8.99. The van der Waals surface area contributed by atoms with E-state index in [0.29, 0.717) is 0 Å². The third-order valence-corrected chi connectivity index (χ3v) is 3.50. The van der Waals surface area contributed by atoms with Gasteiger partial charge in [-0.05, 0) is 0 Å². The molecule has 3 rings (SSSR count). The summed E-state index contributed by atoms with van der Waals surface area (Å²) in [6.45, 7) is 4.71. The lowest BCUT2D eigenvalue weighted by Gasteiger charge is -2.25. The smallest absolute Gasteiger partial charge is 0.205 e. The Hall–Kier alpha value is -1.50. The van der Waals surface area contributed by atoms with Gasteiger partial charge in [-0.25, -0.2) is 4.98 Å². The van der Waals surface area contributed by atoms with Gasteiger partial charge in [0.25, 0.3) is 0 Å². The summed E-state index contributed by atoms with van der Waals surface area (Å²) in [5.74, 6) is 1.92. The molecule has 0 radical (unpaired) electrons. The van der Waals surface area contributed by atoms with Crippen LogP contribution in [0.1, 0.15) is 18.6 Å². The molecule has 16 heavy (non-hydrogen) atoms. The van der Waals surface area contributed by atoms with Crippen LogP contribution in [0.4, 0.5) is 5.13 Å². The molecule has 0 N–H and O–H groups in total. The largest absolute Gasteiger partial charge is 0.338 e. The van der Waals surface area contributed by atoms with Crippen LogP contribution >= 0.6 is 11.5 Å². The molecule has 0 bridgehead atoms. The van der Waals surface area contributed by atoms with Crippen LogP contribution in [-0.2, 0) is 19.5 Å². The van der Waals surface area contributed by atoms with E-state index in [-0.39, 0.29) is 0 Å². The number of aryl methyl sites for hydroxylation is 1. The summed E-state index contributed by atoms with van der Waals surface area (Å²) in [5.41, 5.74) is 0. The highest BCUT2D eigenvalue weighted by Gasteiger charge is 2.20. The Kier molecular flexibility index (Phi) is 2.32. The summed E-state index contributed by atoms with van der Waals surface area (Å²) in [7, 11) is 0. The fourth-order valence-corrected chi connectivity index (χ4v) is 2.52. The molecule has 1 aliphatic heterocycles. The second kappa shape index (κ2) is 3.82. The van der Waals surface area contributed by atoms with Crippen LogP contribution in [0.25, 0.3) is 0 Å². The van der Waals surface area contributed by atoms with E-state index in [4.69, 9.17) is 0 Å². The van der Waals surface area contributed by atoms with Gasteiger partial charge in [-0.3, -0.25) is 0 Å². The van der Waals surface area contributed by atoms with Crippen molar-refractivity contribution in [2.75, 3.05) is 11.4 Å². The number of anilines is 1. The van der Waals surface area contributed by atoms with Crippen LogP contribution in [0.2, 0.25) is 0 Å². The van der Waals surface area contributed by atoms with E-state index in [0.717, 1.165) is 42.8 Å². The molecule has 84 valence electrons. The van der Waals surface area contributed by atoms with Gasteiger partial charge in [-0.2, -0.15) is 4.37 Å². The van der Waals surface area contributed by atoms with Gasteiger partial charge in [0.1, 0.15) is 12.2 Å². The Balaban J connectivity index is 1.83. The molecule has 0 atom stereocenters. The molecule has 0 saturated carbocycles. The summed E-state index contributed by atoms with van der Waals surface area (Å²) in [6, 6.07) is 0. The first-order valence-corrected chi connectivity index (χ1v) is 6.08. The second-order valence-electron chi connectivity index (χ2n) is 3.71. The molecule has 0 amide bonds. The minimum absolute atomic E-state index is 0.776. The van der Waals surface area contributed by atoms with Crippen LogP contribution in [0.15, 0.2) is 6.33 Å². The van der Waals surface area contributed by atoms with E-state index in [1.165, 1.54) is 11.5 Å². The number of hydrogen-bond acceptors (Lipinski definition) is 6. The Morgan fingerprint density at radius 1 is 1.44 bits per heavy atom. The lowest BCUT2D eigenvalue weighted by Crippen LogP contribution is -2.33. The highest BCUT2D eigenvalue weighted by atomic mass is 32.1. The lowest BCUT2D eigenvalue weighted by atomic mass is 10.4. The van der Waals surface area contributed by atoms with E-state index < -0.39 is 0 Å². The Morgan fingerprint density at radius 3 is 3.19 bits per heavy atom. The fourth-order valence-electron chi connectivity index (χ4n) is 1.75. The number of aromatic nitrogens is 5. The molecule has 1 aliphatic rings. The predicted octanol–water partition coefficient (Wildman–Crippen LogP) is 0.712. The zero-order chi connectivity index (χ0) is 11.0. The van der Waals surface area contributed by atoms with E-state index in [1.807, 2.05) is 0 Å². The van der Waals surface area contributed by atoms with Crippen LogP contribution in [0, 0.1) is 0 Å². The van der Waals surface area contributed by atoms with Crippen molar-refractivity contribution in [1.82, 2.24) is 24.1 Å². The van der Waals surface area contributed by atoms with Crippen molar-refractivity contribution in [3.63, 3.8) is 0 Å². The van der Waals surface area contributed by atoms with Gasteiger partial charge < -0.3 is 9.47 Å². The Morgan fingerprint density at radius 2 is 2.38 bits per heavy atom. The number of hydrogen-bond donors (Lipinski definition) is 0. The molecular weight excluding hydrogens is 224 g/mol. The molecule has 0 fully saturated rings. The van der Waals surface area contributed by atoms with Gasteiger partial charge in [0.05, 0.1) is 6.54 Å². The SMILES string of the molecule is CCc1nsc(N2CCn3cnnc3C2)n1. The monoisotopic (exact) mass is 236 g/mol. The Labute approximate surface area is 97.1 Å². The summed E-state index contributed by atoms with van der Waals surface area (Å²) in [6.07, 6.45) is 2.67. The Bertz CT molecular complexity index is 490. The fraction of sp³-hybridized carbons (Fsp3) is 0.556. The van der Waals surface area contributed by atoms with Crippen molar-refractivity contribution in [2.45, 2.75) is 26.4 Å². The maximum Gasteiger partial charge on any atom is 0.205 e. The van der Waals surface area contributed by atoms with Gasteiger partial charge in [0.15, 0.2) is 5.82 Å². The molecule has 0 spiro atoms.